The number of nitrogens with one attached hydrogen (secondary N) is 1. The fraction of sp³-hybridized carbons (Fsp3) is 0.273. The molecule has 0 spiro atoms. The number of carbonyl (C=O) groups excluding carboxylic acids is 1. The molecule has 0 saturated heterocycles. The fourth-order valence-corrected chi connectivity index (χ4v) is 3.52. The molecule has 1 aromatic heterocycles. The molecule has 7 heteroatoms. The lowest BCUT2D eigenvalue weighted by Crippen LogP contribution is -2.16. The first kappa shape index (κ1) is 20.8. The zero-order chi connectivity index (χ0) is 21.2. The predicted octanol–water partition coefficient (Wildman–Crippen LogP) is 3.88. The molecule has 2 aromatic carbocycles. The van der Waals surface area contributed by atoms with Crippen molar-refractivity contribution in [3.63, 3.8) is 0 Å². The average Bonchev–Trinajstić information content (AvgIpc) is 3.07. The Labute approximate surface area is 171 Å². The molecule has 3 rings (SSSR count). The number of amides is 1. The summed E-state index contributed by atoms with van der Waals surface area (Å²) in [5.74, 6) is 0.247. The maximum absolute atomic E-state index is 12.5. The first-order chi connectivity index (χ1) is 13.5. The molecule has 3 aromatic rings. The molecule has 0 unspecified atom stereocenters. The van der Waals surface area contributed by atoms with E-state index in [9.17, 15) is 13.2 Å². The van der Waals surface area contributed by atoms with Crippen LogP contribution in [0.1, 0.15) is 42.3 Å². The van der Waals surface area contributed by atoms with Gasteiger partial charge in [0.25, 0.3) is 5.91 Å². The van der Waals surface area contributed by atoms with Gasteiger partial charge in [-0.1, -0.05) is 45.0 Å². The zero-order valence-electron chi connectivity index (χ0n) is 17.0. The Morgan fingerprint density at radius 3 is 2.17 bits per heavy atom. The van der Waals surface area contributed by atoms with E-state index in [0.717, 1.165) is 11.8 Å². The van der Waals surface area contributed by atoms with Gasteiger partial charge in [0.2, 0.25) is 0 Å². The summed E-state index contributed by atoms with van der Waals surface area (Å²) < 4.78 is 24.8. The van der Waals surface area contributed by atoms with Gasteiger partial charge in [0.05, 0.1) is 17.6 Å². The van der Waals surface area contributed by atoms with Gasteiger partial charge in [-0.15, -0.1) is 0 Å². The predicted molar refractivity (Wildman–Crippen MR) is 114 cm³/mol. The van der Waals surface area contributed by atoms with Crippen LogP contribution in [0.25, 0.3) is 0 Å². The molecule has 1 N–H and O–H groups in total. The van der Waals surface area contributed by atoms with Crippen molar-refractivity contribution in [2.75, 3.05) is 11.6 Å². The highest BCUT2D eigenvalue weighted by atomic mass is 32.2. The maximum Gasteiger partial charge on any atom is 0.256 e. The van der Waals surface area contributed by atoms with E-state index in [-0.39, 0.29) is 16.2 Å². The summed E-state index contributed by atoms with van der Waals surface area (Å²) >= 11 is 0. The molecule has 0 aliphatic rings. The minimum atomic E-state index is -3.29. The third-order valence-electron chi connectivity index (χ3n) is 4.66. The van der Waals surface area contributed by atoms with Crippen molar-refractivity contribution in [1.29, 1.82) is 0 Å². The Balaban J connectivity index is 1.72. The molecular weight excluding hydrogens is 386 g/mol. The quantitative estimate of drug-likeness (QED) is 0.691. The Hall–Kier alpha value is -2.93. The summed E-state index contributed by atoms with van der Waals surface area (Å²) in [5, 5.41) is 7.13. The molecule has 0 aliphatic heterocycles. The van der Waals surface area contributed by atoms with Crippen LogP contribution in [-0.4, -0.2) is 30.4 Å². The number of anilines is 1. The van der Waals surface area contributed by atoms with Crippen molar-refractivity contribution in [2.24, 2.45) is 0 Å². The van der Waals surface area contributed by atoms with Crippen LogP contribution < -0.4 is 5.32 Å². The highest BCUT2D eigenvalue weighted by Crippen LogP contribution is 2.22. The van der Waals surface area contributed by atoms with Crippen LogP contribution in [0.3, 0.4) is 0 Å². The molecule has 0 bridgehead atoms. The fourth-order valence-electron chi connectivity index (χ4n) is 2.89. The van der Waals surface area contributed by atoms with Gasteiger partial charge in [0.1, 0.15) is 5.82 Å². The van der Waals surface area contributed by atoms with Gasteiger partial charge in [0, 0.05) is 17.9 Å². The molecule has 0 fully saturated rings. The van der Waals surface area contributed by atoms with Gasteiger partial charge in [-0.3, -0.25) is 4.79 Å². The number of hydrogen-bond donors (Lipinski definition) is 1. The van der Waals surface area contributed by atoms with Gasteiger partial charge in [-0.25, -0.2) is 13.1 Å². The molecule has 1 heterocycles. The second-order valence-electron chi connectivity index (χ2n) is 8.07. The van der Waals surface area contributed by atoms with Crippen LogP contribution in [0, 0.1) is 0 Å². The standard InChI is InChI=1S/C22H25N3O3S/c1-22(2,3)18-9-5-16(6-10-18)15-25-20(13-14-23-25)24-21(26)17-7-11-19(12-8-17)29(4,27)28/h5-14H,15H2,1-4H3,(H,24,26). The zero-order valence-corrected chi connectivity index (χ0v) is 17.8. The van der Waals surface area contributed by atoms with Gasteiger partial charge >= 0.3 is 0 Å². The van der Waals surface area contributed by atoms with Crippen LogP contribution in [0.2, 0.25) is 0 Å². The highest BCUT2D eigenvalue weighted by molar-refractivity contribution is 7.90. The van der Waals surface area contributed by atoms with Crippen molar-refractivity contribution < 1.29 is 13.2 Å². The van der Waals surface area contributed by atoms with E-state index < -0.39 is 9.84 Å². The van der Waals surface area contributed by atoms with E-state index in [1.807, 2.05) is 0 Å². The normalized spacial score (nSPS) is 12.0. The molecule has 0 atom stereocenters. The highest BCUT2D eigenvalue weighted by Gasteiger charge is 2.14. The molecule has 0 aliphatic carbocycles. The van der Waals surface area contributed by atoms with E-state index in [1.54, 1.807) is 16.9 Å². The van der Waals surface area contributed by atoms with Crippen molar-refractivity contribution in [1.82, 2.24) is 9.78 Å². The summed E-state index contributed by atoms with van der Waals surface area (Å²) in [5.41, 5.74) is 2.80. The van der Waals surface area contributed by atoms with Crippen LogP contribution in [-0.2, 0) is 21.8 Å². The minimum Gasteiger partial charge on any atom is -0.307 e. The number of rotatable bonds is 5. The second-order valence-corrected chi connectivity index (χ2v) is 10.1. The number of aromatic nitrogens is 2. The molecule has 0 radical (unpaired) electrons. The molecule has 1 amide bonds. The van der Waals surface area contributed by atoms with Crippen molar-refractivity contribution in [3.8, 4) is 0 Å². The molecule has 0 saturated carbocycles. The Morgan fingerprint density at radius 2 is 1.62 bits per heavy atom. The summed E-state index contributed by atoms with van der Waals surface area (Å²) in [4.78, 5) is 12.7. The van der Waals surface area contributed by atoms with E-state index >= 15 is 0 Å². The van der Waals surface area contributed by atoms with Gasteiger partial charge < -0.3 is 5.32 Å². The van der Waals surface area contributed by atoms with E-state index in [0.29, 0.717) is 17.9 Å². The SMILES string of the molecule is CC(C)(C)c1ccc(Cn2nccc2NC(=O)c2ccc(S(C)(=O)=O)cc2)cc1. The second kappa shape index (κ2) is 7.83. The number of hydrogen-bond acceptors (Lipinski definition) is 4. The first-order valence-corrected chi connectivity index (χ1v) is 11.2. The lowest BCUT2D eigenvalue weighted by Gasteiger charge is -2.19. The van der Waals surface area contributed by atoms with E-state index in [4.69, 9.17) is 0 Å². The van der Waals surface area contributed by atoms with Crippen LogP contribution >= 0.6 is 0 Å². The van der Waals surface area contributed by atoms with E-state index in [1.165, 1.54) is 29.8 Å². The topological polar surface area (TPSA) is 81.1 Å². The maximum atomic E-state index is 12.5. The van der Waals surface area contributed by atoms with Crippen molar-refractivity contribution >= 4 is 21.6 Å². The smallest absolute Gasteiger partial charge is 0.256 e. The third kappa shape index (κ3) is 5.12. The summed E-state index contributed by atoms with van der Waals surface area (Å²) in [6.07, 6.45) is 2.76. The summed E-state index contributed by atoms with van der Waals surface area (Å²) in [7, 11) is -3.29. The molecule has 6 nitrogen and oxygen atoms in total. The lowest BCUT2D eigenvalue weighted by molar-refractivity contribution is 0.102. The number of nitrogens with zero attached hydrogens (tertiary/aromatic N) is 2. The van der Waals surface area contributed by atoms with Gasteiger partial charge in [-0.05, 0) is 40.8 Å². The Kier molecular flexibility index (Phi) is 5.61. The minimum absolute atomic E-state index is 0.0933. The largest absolute Gasteiger partial charge is 0.307 e. The monoisotopic (exact) mass is 411 g/mol. The Bertz CT molecular complexity index is 1110. The number of carbonyl (C=O) groups is 1. The van der Waals surface area contributed by atoms with Crippen LogP contribution in [0.15, 0.2) is 65.7 Å². The average molecular weight is 412 g/mol. The van der Waals surface area contributed by atoms with Gasteiger partial charge in [0.15, 0.2) is 9.84 Å². The van der Waals surface area contributed by atoms with Crippen molar-refractivity contribution in [3.05, 3.63) is 77.5 Å². The summed E-state index contributed by atoms with van der Waals surface area (Å²) in [6, 6.07) is 15.9. The number of sulfone groups is 1. The lowest BCUT2D eigenvalue weighted by atomic mass is 9.87. The molecule has 29 heavy (non-hydrogen) atoms. The molecule has 152 valence electrons. The van der Waals surface area contributed by atoms with Crippen LogP contribution in [0.4, 0.5) is 5.82 Å². The number of benzene rings is 2. The van der Waals surface area contributed by atoms with Crippen LogP contribution in [0.5, 0.6) is 0 Å². The molecular formula is C22H25N3O3S. The Morgan fingerprint density at radius 1 is 1.00 bits per heavy atom. The van der Waals surface area contributed by atoms with Crippen molar-refractivity contribution in [2.45, 2.75) is 37.6 Å². The van der Waals surface area contributed by atoms with Gasteiger partial charge in [-0.2, -0.15) is 5.10 Å². The summed E-state index contributed by atoms with van der Waals surface area (Å²) in [6.45, 7) is 7.04. The first-order valence-electron chi connectivity index (χ1n) is 9.27. The third-order valence-corrected chi connectivity index (χ3v) is 5.78. The van der Waals surface area contributed by atoms with E-state index in [2.05, 4.69) is 55.5 Å².